The average Bonchev–Trinajstić information content (AvgIpc) is 3.18. The molecule has 1 unspecified atom stereocenters. The summed E-state index contributed by atoms with van der Waals surface area (Å²) < 4.78 is 23.8. The highest BCUT2D eigenvalue weighted by atomic mass is 19.1. The van der Waals surface area contributed by atoms with E-state index in [2.05, 4.69) is 4.98 Å². The van der Waals surface area contributed by atoms with Crippen molar-refractivity contribution in [2.24, 2.45) is 0 Å². The monoisotopic (exact) mass is 360 g/mol. The molecule has 0 aliphatic carbocycles. The van der Waals surface area contributed by atoms with Crippen molar-refractivity contribution in [1.29, 1.82) is 0 Å². The summed E-state index contributed by atoms with van der Waals surface area (Å²) >= 11 is 0. The molecule has 1 aliphatic rings. The lowest BCUT2D eigenvalue weighted by Gasteiger charge is -2.19. The summed E-state index contributed by atoms with van der Waals surface area (Å²) in [6.07, 6.45) is 1.52. The van der Waals surface area contributed by atoms with Crippen LogP contribution in [0.1, 0.15) is 40.7 Å². The maximum atomic E-state index is 13.0. The number of benzene rings is 1. The van der Waals surface area contributed by atoms with Crippen molar-refractivity contribution in [3.05, 3.63) is 53.1 Å². The summed E-state index contributed by atoms with van der Waals surface area (Å²) in [5.41, 5.74) is 1.25. The Hall–Kier alpha value is -2.67. The van der Waals surface area contributed by atoms with Crippen LogP contribution < -0.4 is 4.74 Å². The molecule has 1 aromatic heterocycles. The summed E-state index contributed by atoms with van der Waals surface area (Å²) in [4.78, 5) is 18.5. The van der Waals surface area contributed by atoms with E-state index in [1.807, 2.05) is 0 Å². The fourth-order valence-corrected chi connectivity index (χ4v) is 2.93. The van der Waals surface area contributed by atoms with Crippen molar-refractivity contribution in [3.8, 4) is 11.5 Å². The standard InChI is InChI=1S/C19H21FN2O4/c1-22(11-12-5-7-13(20)8-6-12)19(24)17-18(23)16(25-2)10-14(21-17)15-4-3-9-26-15/h5-8,10,15,23H,3-4,9,11H2,1-2H3. The number of aromatic hydroxyl groups is 1. The number of aromatic nitrogens is 1. The molecule has 1 atom stereocenters. The minimum Gasteiger partial charge on any atom is -0.503 e. The van der Waals surface area contributed by atoms with Crippen LogP contribution in [0.5, 0.6) is 11.5 Å². The Morgan fingerprint density at radius 2 is 2.15 bits per heavy atom. The number of carbonyl (C=O) groups excluding carboxylic acids is 1. The predicted octanol–water partition coefficient (Wildman–Crippen LogP) is 3.06. The SMILES string of the molecule is COc1cc(C2CCCO2)nc(C(=O)N(C)Cc2ccc(F)cc2)c1O. The smallest absolute Gasteiger partial charge is 0.276 e. The van der Waals surface area contributed by atoms with Crippen LogP contribution in [0.4, 0.5) is 4.39 Å². The molecule has 0 radical (unpaired) electrons. The van der Waals surface area contributed by atoms with Crippen LogP contribution in [0, 0.1) is 5.82 Å². The molecular formula is C19H21FN2O4. The number of pyridine rings is 1. The Labute approximate surface area is 151 Å². The maximum Gasteiger partial charge on any atom is 0.276 e. The second-order valence-electron chi connectivity index (χ2n) is 6.24. The molecule has 2 aromatic rings. The van der Waals surface area contributed by atoms with Gasteiger partial charge in [-0.2, -0.15) is 0 Å². The first-order valence-corrected chi connectivity index (χ1v) is 8.39. The molecule has 0 spiro atoms. The quantitative estimate of drug-likeness (QED) is 0.887. The Kier molecular flexibility index (Phi) is 5.37. The van der Waals surface area contributed by atoms with Gasteiger partial charge in [0.25, 0.3) is 5.91 Å². The summed E-state index contributed by atoms with van der Waals surface area (Å²) in [5.74, 6) is -0.907. The van der Waals surface area contributed by atoms with Gasteiger partial charge in [0.05, 0.1) is 18.9 Å². The van der Waals surface area contributed by atoms with E-state index in [1.54, 1.807) is 25.2 Å². The van der Waals surface area contributed by atoms with Crippen LogP contribution in [0.15, 0.2) is 30.3 Å². The molecule has 1 fully saturated rings. The molecular weight excluding hydrogens is 339 g/mol. The van der Waals surface area contributed by atoms with Gasteiger partial charge in [0.1, 0.15) is 5.82 Å². The molecule has 1 aliphatic heterocycles. The second-order valence-corrected chi connectivity index (χ2v) is 6.24. The second kappa shape index (κ2) is 7.70. The number of methoxy groups -OCH3 is 1. The van der Waals surface area contributed by atoms with E-state index in [0.29, 0.717) is 12.3 Å². The lowest BCUT2D eigenvalue weighted by Crippen LogP contribution is -2.27. The maximum absolute atomic E-state index is 13.0. The zero-order valence-electron chi connectivity index (χ0n) is 14.7. The van der Waals surface area contributed by atoms with Crippen LogP contribution in [-0.4, -0.2) is 41.7 Å². The van der Waals surface area contributed by atoms with Gasteiger partial charge in [-0.3, -0.25) is 4.79 Å². The largest absolute Gasteiger partial charge is 0.503 e. The molecule has 138 valence electrons. The molecule has 1 aromatic carbocycles. The number of amides is 1. The van der Waals surface area contributed by atoms with Crippen LogP contribution in [0.25, 0.3) is 0 Å². The van der Waals surface area contributed by atoms with Gasteiger partial charge < -0.3 is 19.5 Å². The number of hydrogen-bond acceptors (Lipinski definition) is 5. The minimum absolute atomic E-state index is 0.0838. The fourth-order valence-electron chi connectivity index (χ4n) is 2.93. The van der Waals surface area contributed by atoms with Gasteiger partial charge in [0, 0.05) is 26.3 Å². The Morgan fingerprint density at radius 1 is 1.42 bits per heavy atom. The van der Waals surface area contributed by atoms with Gasteiger partial charge in [-0.15, -0.1) is 0 Å². The van der Waals surface area contributed by atoms with E-state index >= 15 is 0 Å². The highest BCUT2D eigenvalue weighted by Gasteiger charge is 2.26. The molecule has 7 heteroatoms. The van der Waals surface area contributed by atoms with Gasteiger partial charge >= 0.3 is 0 Å². The number of rotatable bonds is 5. The minimum atomic E-state index is -0.454. The van der Waals surface area contributed by atoms with Crippen molar-refractivity contribution in [1.82, 2.24) is 9.88 Å². The van der Waals surface area contributed by atoms with Crippen LogP contribution in [-0.2, 0) is 11.3 Å². The van der Waals surface area contributed by atoms with Gasteiger partial charge in [0.2, 0.25) is 0 Å². The van der Waals surface area contributed by atoms with Gasteiger partial charge in [-0.1, -0.05) is 12.1 Å². The number of halogens is 1. The zero-order valence-corrected chi connectivity index (χ0v) is 14.7. The Morgan fingerprint density at radius 3 is 2.77 bits per heavy atom. The number of nitrogens with zero attached hydrogens (tertiary/aromatic N) is 2. The molecule has 0 bridgehead atoms. The average molecular weight is 360 g/mol. The summed E-state index contributed by atoms with van der Waals surface area (Å²) in [7, 11) is 3.02. The molecule has 6 nitrogen and oxygen atoms in total. The first-order chi connectivity index (χ1) is 12.5. The Bertz CT molecular complexity index is 789. The van der Waals surface area contributed by atoms with E-state index < -0.39 is 5.91 Å². The van der Waals surface area contributed by atoms with Crippen LogP contribution in [0.2, 0.25) is 0 Å². The van der Waals surface area contributed by atoms with Gasteiger partial charge in [-0.05, 0) is 30.5 Å². The molecule has 0 saturated carbocycles. The lowest BCUT2D eigenvalue weighted by atomic mass is 10.1. The number of carbonyl (C=O) groups is 1. The molecule has 1 N–H and O–H groups in total. The van der Waals surface area contributed by atoms with Gasteiger partial charge in [-0.25, -0.2) is 9.37 Å². The van der Waals surface area contributed by atoms with E-state index in [1.165, 1.54) is 24.1 Å². The lowest BCUT2D eigenvalue weighted by molar-refractivity contribution is 0.0771. The first-order valence-electron chi connectivity index (χ1n) is 8.39. The fraction of sp³-hybridized carbons (Fsp3) is 0.368. The molecule has 1 amide bonds. The van der Waals surface area contributed by atoms with Crippen molar-refractivity contribution >= 4 is 5.91 Å². The van der Waals surface area contributed by atoms with E-state index in [4.69, 9.17) is 9.47 Å². The van der Waals surface area contributed by atoms with E-state index in [9.17, 15) is 14.3 Å². The van der Waals surface area contributed by atoms with E-state index in [-0.39, 0.29) is 35.7 Å². The summed E-state index contributed by atoms with van der Waals surface area (Å²) in [5, 5.41) is 10.4. The number of ether oxygens (including phenoxy) is 2. The summed E-state index contributed by atoms with van der Waals surface area (Å²) in [6, 6.07) is 7.49. The van der Waals surface area contributed by atoms with Crippen molar-refractivity contribution in [2.75, 3.05) is 20.8 Å². The van der Waals surface area contributed by atoms with Crippen molar-refractivity contribution in [2.45, 2.75) is 25.5 Å². The zero-order chi connectivity index (χ0) is 18.7. The van der Waals surface area contributed by atoms with Crippen molar-refractivity contribution in [3.63, 3.8) is 0 Å². The third-order valence-electron chi connectivity index (χ3n) is 4.34. The molecule has 3 rings (SSSR count). The topological polar surface area (TPSA) is 71.9 Å². The normalized spacial score (nSPS) is 16.5. The summed E-state index contributed by atoms with van der Waals surface area (Å²) in [6.45, 7) is 0.899. The highest BCUT2D eigenvalue weighted by Crippen LogP contribution is 2.35. The molecule has 26 heavy (non-hydrogen) atoms. The Balaban J connectivity index is 1.86. The molecule has 2 heterocycles. The number of hydrogen-bond donors (Lipinski definition) is 1. The van der Waals surface area contributed by atoms with Crippen LogP contribution >= 0.6 is 0 Å². The van der Waals surface area contributed by atoms with Crippen LogP contribution in [0.3, 0.4) is 0 Å². The van der Waals surface area contributed by atoms with E-state index in [0.717, 1.165) is 18.4 Å². The third-order valence-corrected chi connectivity index (χ3v) is 4.34. The third kappa shape index (κ3) is 3.77. The predicted molar refractivity (Wildman–Crippen MR) is 92.6 cm³/mol. The first kappa shape index (κ1) is 18.1. The van der Waals surface area contributed by atoms with Crippen molar-refractivity contribution < 1.29 is 23.8 Å². The van der Waals surface area contributed by atoms with Gasteiger partial charge in [0.15, 0.2) is 17.2 Å². The highest BCUT2D eigenvalue weighted by molar-refractivity contribution is 5.95. The molecule has 1 saturated heterocycles.